The number of rotatable bonds is 5. The van der Waals surface area contributed by atoms with Crippen LogP contribution in [-0.4, -0.2) is 16.4 Å². The molecule has 3 aromatic rings. The van der Waals surface area contributed by atoms with Gasteiger partial charge in [-0.05, 0) is 30.3 Å². The molecule has 0 aliphatic heterocycles. The maximum absolute atomic E-state index is 11.6. The van der Waals surface area contributed by atoms with E-state index in [-0.39, 0.29) is 19.0 Å². The third-order valence-electron chi connectivity index (χ3n) is 2.71. The molecular weight excluding hydrogens is 296 g/mol. The molecular formula is C14H11ClN2O4. The number of hydrogen-bond acceptors (Lipinski definition) is 5. The van der Waals surface area contributed by atoms with E-state index in [0.717, 1.165) is 0 Å². The quantitative estimate of drug-likeness (QED) is 0.725. The first-order valence-electron chi connectivity index (χ1n) is 6.22. The molecule has 0 N–H and O–H groups in total. The maximum atomic E-state index is 11.6. The fourth-order valence-electron chi connectivity index (χ4n) is 1.75. The highest BCUT2D eigenvalue weighted by Crippen LogP contribution is 2.17. The molecule has 108 valence electrons. The fraction of sp³-hybridized carbons (Fsp3) is 0.143. The predicted molar refractivity (Wildman–Crippen MR) is 75.4 cm³/mol. The number of halogens is 1. The Morgan fingerprint density at radius 1 is 1.29 bits per heavy atom. The summed E-state index contributed by atoms with van der Waals surface area (Å²) in [6.45, 7) is 0.528. The molecule has 2 heterocycles. The summed E-state index contributed by atoms with van der Waals surface area (Å²) < 4.78 is 16.8. The molecule has 6 nitrogen and oxygen atoms in total. The van der Waals surface area contributed by atoms with Gasteiger partial charge in [0.2, 0.25) is 0 Å². The lowest BCUT2D eigenvalue weighted by Gasteiger charge is -2.05. The van der Waals surface area contributed by atoms with Gasteiger partial charge in [-0.25, -0.2) is 4.79 Å². The Bertz CT molecular complexity index is 776. The van der Waals surface area contributed by atoms with Crippen molar-refractivity contribution < 1.29 is 13.6 Å². The van der Waals surface area contributed by atoms with Crippen molar-refractivity contribution in [1.29, 1.82) is 0 Å². The summed E-state index contributed by atoms with van der Waals surface area (Å²) in [6.07, 6.45) is 1.48. The number of aromatic nitrogens is 2. The lowest BCUT2D eigenvalue weighted by Crippen LogP contribution is -2.20. The molecule has 0 spiro atoms. The van der Waals surface area contributed by atoms with E-state index in [1.165, 1.54) is 10.9 Å². The summed E-state index contributed by atoms with van der Waals surface area (Å²) in [5, 5.41) is 4.63. The van der Waals surface area contributed by atoms with Gasteiger partial charge in [0.15, 0.2) is 5.76 Å². The highest BCUT2D eigenvalue weighted by atomic mass is 35.5. The van der Waals surface area contributed by atoms with Gasteiger partial charge < -0.3 is 13.6 Å². The topological polar surface area (TPSA) is 70.4 Å². The molecule has 7 heteroatoms. The monoisotopic (exact) mass is 306 g/mol. The Kier molecular flexibility index (Phi) is 3.79. The maximum Gasteiger partial charge on any atom is 0.437 e. The van der Waals surface area contributed by atoms with Crippen molar-refractivity contribution in [3.8, 4) is 17.4 Å². The molecule has 0 bridgehead atoms. The summed E-state index contributed by atoms with van der Waals surface area (Å²) in [6, 6.07) is 10.4. The van der Waals surface area contributed by atoms with E-state index in [2.05, 4.69) is 5.10 Å². The number of furan rings is 1. The van der Waals surface area contributed by atoms with Crippen molar-refractivity contribution in [3.05, 3.63) is 58.2 Å². The highest BCUT2D eigenvalue weighted by molar-refractivity contribution is 6.30. The summed E-state index contributed by atoms with van der Waals surface area (Å²) >= 11 is 5.85. The fourth-order valence-corrected chi connectivity index (χ4v) is 1.93. The van der Waals surface area contributed by atoms with Crippen molar-refractivity contribution in [1.82, 2.24) is 9.78 Å². The second-order valence-electron chi connectivity index (χ2n) is 4.18. The molecule has 3 rings (SSSR count). The van der Waals surface area contributed by atoms with Gasteiger partial charge in [-0.3, -0.25) is 0 Å². The predicted octanol–water partition coefficient (Wildman–Crippen LogP) is 2.83. The van der Waals surface area contributed by atoms with Crippen LogP contribution in [0.3, 0.4) is 0 Å². The van der Waals surface area contributed by atoms with E-state index in [4.69, 9.17) is 25.2 Å². The van der Waals surface area contributed by atoms with Gasteiger partial charge in [0.05, 0.1) is 12.8 Å². The Hall–Kier alpha value is -2.47. The largest absolute Gasteiger partial charge is 0.492 e. The molecule has 0 saturated heterocycles. The first-order chi connectivity index (χ1) is 10.2. The van der Waals surface area contributed by atoms with E-state index in [9.17, 15) is 4.79 Å². The van der Waals surface area contributed by atoms with Crippen molar-refractivity contribution in [2.45, 2.75) is 6.54 Å². The van der Waals surface area contributed by atoms with Gasteiger partial charge in [-0.15, -0.1) is 5.10 Å². The molecule has 0 saturated carbocycles. The van der Waals surface area contributed by atoms with Crippen LogP contribution in [0, 0.1) is 0 Å². The lowest BCUT2D eigenvalue weighted by molar-refractivity contribution is 0.285. The van der Waals surface area contributed by atoms with Crippen LogP contribution in [0.2, 0.25) is 5.02 Å². The van der Waals surface area contributed by atoms with Crippen LogP contribution in [0.15, 0.2) is 56.3 Å². The minimum Gasteiger partial charge on any atom is -0.492 e. The summed E-state index contributed by atoms with van der Waals surface area (Å²) in [5.41, 5.74) is 0. The highest BCUT2D eigenvalue weighted by Gasteiger charge is 2.12. The first kappa shape index (κ1) is 13.5. The van der Waals surface area contributed by atoms with Crippen molar-refractivity contribution >= 4 is 11.6 Å². The van der Waals surface area contributed by atoms with Gasteiger partial charge in [0.25, 0.3) is 5.89 Å². The minimum atomic E-state index is -0.559. The normalized spacial score (nSPS) is 10.7. The van der Waals surface area contributed by atoms with E-state index in [1.54, 1.807) is 36.4 Å². The van der Waals surface area contributed by atoms with Crippen LogP contribution >= 0.6 is 11.6 Å². The van der Waals surface area contributed by atoms with Crippen LogP contribution in [0.1, 0.15) is 0 Å². The SMILES string of the molecule is O=c1oc(-c2ccco2)nn1CCOc1cccc(Cl)c1. The molecule has 0 radical (unpaired) electrons. The zero-order valence-electron chi connectivity index (χ0n) is 10.9. The Labute approximate surface area is 124 Å². The minimum absolute atomic E-state index is 0.146. The smallest absolute Gasteiger partial charge is 0.437 e. The number of ether oxygens (including phenoxy) is 1. The third-order valence-corrected chi connectivity index (χ3v) is 2.94. The summed E-state index contributed by atoms with van der Waals surface area (Å²) in [7, 11) is 0. The number of hydrogen-bond donors (Lipinski definition) is 0. The van der Waals surface area contributed by atoms with E-state index in [0.29, 0.717) is 16.5 Å². The van der Waals surface area contributed by atoms with Crippen LogP contribution in [0.5, 0.6) is 5.75 Å². The number of benzene rings is 1. The van der Waals surface area contributed by atoms with E-state index < -0.39 is 5.76 Å². The van der Waals surface area contributed by atoms with Gasteiger partial charge in [0.1, 0.15) is 12.4 Å². The summed E-state index contributed by atoms with van der Waals surface area (Å²) in [5.74, 6) is 0.621. The van der Waals surface area contributed by atoms with Crippen molar-refractivity contribution in [3.63, 3.8) is 0 Å². The average molecular weight is 307 g/mol. The van der Waals surface area contributed by atoms with Crippen LogP contribution in [0.25, 0.3) is 11.7 Å². The number of nitrogens with zero attached hydrogens (tertiary/aromatic N) is 2. The molecule has 0 amide bonds. The van der Waals surface area contributed by atoms with Crippen molar-refractivity contribution in [2.24, 2.45) is 0 Å². The molecule has 21 heavy (non-hydrogen) atoms. The molecule has 1 aromatic carbocycles. The van der Waals surface area contributed by atoms with E-state index in [1.807, 2.05) is 0 Å². The summed E-state index contributed by atoms with van der Waals surface area (Å²) in [4.78, 5) is 11.6. The second-order valence-corrected chi connectivity index (χ2v) is 4.62. The Balaban J connectivity index is 1.65. The molecule has 0 aliphatic rings. The van der Waals surface area contributed by atoms with Gasteiger partial charge in [0, 0.05) is 5.02 Å². The third kappa shape index (κ3) is 3.17. The van der Waals surface area contributed by atoms with Crippen molar-refractivity contribution in [2.75, 3.05) is 6.61 Å². The second kappa shape index (κ2) is 5.88. The van der Waals surface area contributed by atoms with Crippen LogP contribution in [0.4, 0.5) is 0 Å². The van der Waals surface area contributed by atoms with Crippen LogP contribution < -0.4 is 10.5 Å². The zero-order chi connectivity index (χ0) is 14.7. The molecule has 0 aliphatic carbocycles. The zero-order valence-corrected chi connectivity index (χ0v) is 11.6. The van der Waals surface area contributed by atoms with Gasteiger partial charge in [-0.1, -0.05) is 17.7 Å². The lowest BCUT2D eigenvalue weighted by atomic mass is 10.3. The first-order valence-corrected chi connectivity index (χ1v) is 6.60. The molecule has 2 aromatic heterocycles. The van der Waals surface area contributed by atoms with Gasteiger partial charge in [-0.2, -0.15) is 4.68 Å². The van der Waals surface area contributed by atoms with Crippen LogP contribution in [-0.2, 0) is 6.54 Å². The molecule has 0 fully saturated rings. The standard InChI is InChI=1S/C14H11ClN2O4/c15-10-3-1-4-11(9-10)19-8-6-17-14(18)21-13(16-17)12-5-2-7-20-12/h1-5,7,9H,6,8H2. The Morgan fingerprint density at radius 2 is 2.19 bits per heavy atom. The average Bonchev–Trinajstić information content (AvgIpc) is 3.09. The van der Waals surface area contributed by atoms with E-state index >= 15 is 0 Å². The Morgan fingerprint density at radius 3 is 2.95 bits per heavy atom. The molecule has 0 unspecified atom stereocenters. The molecule has 0 atom stereocenters. The van der Waals surface area contributed by atoms with Gasteiger partial charge >= 0.3 is 5.76 Å².